The molecular weight excluding hydrogens is 256 g/mol. The van der Waals surface area contributed by atoms with Gasteiger partial charge in [0.1, 0.15) is 6.07 Å². The van der Waals surface area contributed by atoms with Gasteiger partial charge in [-0.15, -0.1) is 0 Å². The lowest BCUT2D eigenvalue weighted by molar-refractivity contribution is 1.02. The van der Waals surface area contributed by atoms with Crippen LogP contribution in [0.3, 0.4) is 0 Å². The summed E-state index contributed by atoms with van der Waals surface area (Å²) >= 11 is 6.11. The van der Waals surface area contributed by atoms with E-state index in [0.29, 0.717) is 10.6 Å². The Kier molecular flexibility index (Phi) is 4.09. The van der Waals surface area contributed by atoms with Gasteiger partial charge in [0.15, 0.2) is 0 Å². The number of aryl methyl sites for hydroxylation is 1. The lowest BCUT2D eigenvalue weighted by Crippen LogP contribution is -2.17. The van der Waals surface area contributed by atoms with E-state index in [9.17, 15) is 0 Å². The molecule has 0 saturated carbocycles. The summed E-state index contributed by atoms with van der Waals surface area (Å²) in [6.45, 7) is 5.02. The van der Waals surface area contributed by atoms with E-state index in [-0.39, 0.29) is 0 Å². The van der Waals surface area contributed by atoms with E-state index in [4.69, 9.17) is 16.9 Å². The van der Waals surface area contributed by atoms with Crippen LogP contribution in [-0.2, 0) is 0 Å². The van der Waals surface area contributed by atoms with Gasteiger partial charge in [0.2, 0.25) is 0 Å². The number of hydrogen-bond donors (Lipinski definition) is 0. The second-order valence-electron chi connectivity index (χ2n) is 4.31. The molecule has 3 heteroatoms. The third kappa shape index (κ3) is 2.72. The van der Waals surface area contributed by atoms with Crippen LogP contribution in [0.5, 0.6) is 0 Å². The molecule has 0 bridgehead atoms. The first-order valence-corrected chi connectivity index (χ1v) is 6.58. The molecule has 2 aromatic carbocycles. The number of nitrogens with zero attached hydrogens (tertiary/aromatic N) is 2. The van der Waals surface area contributed by atoms with Crippen molar-refractivity contribution in [2.75, 3.05) is 11.4 Å². The predicted molar refractivity (Wildman–Crippen MR) is 80.0 cm³/mol. The van der Waals surface area contributed by atoms with Crippen molar-refractivity contribution >= 4 is 23.0 Å². The first kappa shape index (κ1) is 13.5. The zero-order chi connectivity index (χ0) is 13.8. The van der Waals surface area contributed by atoms with E-state index in [0.717, 1.165) is 17.9 Å². The highest BCUT2D eigenvalue weighted by Gasteiger charge is 2.11. The average molecular weight is 271 g/mol. The van der Waals surface area contributed by atoms with Crippen molar-refractivity contribution < 1.29 is 0 Å². The van der Waals surface area contributed by atoms with Crippen molar-refractivity contribution in [3.63, 3.8) is 0 Å². The summed E-state index contributed by atoms with van der Waals surface area (Å²) in [6, 6.07) is 15.8. The van der Waals surface area contributed by atoms with E-state index in [2.05, 4.69) is 36.9 Å². The molecule has 96 valence electrons. The summed E-state index contributed by atoms with van der Waals surface area (Å²) in [7, 11) is 0. The Morgan fingerprint density at radius 1 is 1.21 bits per heavy atom. The fraction of sp³-hybridized carbons (Fsp3) is 0.188. The molecule has 0 aliphatic carbocycles. The number of benzene rings is 2. The van der Waals surface area contributed by atoms with Crippen LogP contribution >= 0.6 is 11.6 Å². The minimum atomic E-state index is 0.493. The number of para-hydroxylation sites is 1. The van der Waals surface area contributed by atoms with Crippen LogP contribution in [0.25, 0.3) is 0 Å². The van der Waals surface area contributed by atoms with Crippen molar-refractivity contribution in [1.29, 1.82) is 5.26 Å². The maximum atomic E-state index is 8.92. The Labute approximate surface area is 118 Å². The largest absolute Gasteiger partial charge is 0.342 e. The van der Waals surface area contributed by atoms with Crippen molar-refractivity contribution in [2.24, 2.45) is 0 Å². The fourth-order valence-corrected chi connectivity index (χ4v) is 2.34. The number of nitriles is 1. The first-order chi connectivity index (χ1) is 9.17. The third-order valence-electron chi connectivity index (χ3n) is 3.11. The van der Waals surface area contributed by atoms with E-state index < -0.39 is 0 Å². The molecule has 0 saturated heterocycles. The Morgan fingerprint density at radius 3 is 2.53 bits per heavy atom. The Bertz CT molecular complexity index is 629. The maximum Gasteiger partial charge on any atom is 0.101 e. The zero-order valence-corrected chi connectivity index (χ0v) is 11.8. The van der Waals surface area contributed by atoms with Crippen LogP contribution in [0.4, 0.5) is 11.4 Å². The minimum absolute atomic E-state index is 0.493. The van der Waals surface area contributed by atoms with Crippen LogP contribution in [0.1, 0.15) is 18.1 Å². The van der Waals surface area contributed by atoms with Gasteiger partial charge in [-0.2, -0.15) is 5.26 Å². The molecule has 0 aliphatic rings. The summed E-state index contributed by atoms with van der Waals surface area (Å²) in [6.07, 6.45) is 0. The van der Waals surface area contributed by atoms with Gasteiger partial charge in [0.05, 0.1) is 10.6 Å². The minimum Gasteiger partial charge on any atom is -0.342 e. The van der Waals surface area contributed by atoms with E-state index >= 15 is 0 Å². The lowest BCUT2D eigenvalue weighted by atomic mass is 10.1. The molecule has 0 aliphatic heterocycles. The van der Waals surface area contributed by atoms with Crippen molar-refractivity contribution in [3.8, 4) is 6.07 Å². The van der Waals surface area contributed by atoms with E-state index in [1.165, 1.54) is 5.56 Å². The third-order valence-corrected chi connectivity index (χ3v) is 3.42. The van der Waals surface area contributed by atoms with Crippen LogP contribution in [-0.4, -0.2) is 6.54 Å². The topological polar surface area (TPSA) is 27.0 Å². The molecule has 0 unspecified atom stereocenters. The molecule has 2 rings (SSSR count). The zero-order valence-electron chi connectivity index (χ0n) is 11.0. The van der Waals surface area contributed by atoms with Crippen molar-refractivity contribution in [1.82, 2.24) is 0 Å². The molecule has 0 aromatic heterocycles. The number of rotatable bonds is 3. The first-order valence-electron chi connectivity index (χ1n) is 6.20. The van der Waals surface area contributed by atoms with Crippen LogP contribution in [0, 0.1) is 18.3 Å². The van der Waals surface area contributed by atoms with Crippen molar-refractivity contribution in [3.05, 3.63) is 58.6 Å². The Hall–Kier alpha value is -1.98. The van der Waals surface area contributed by atoms with Gasteiger partial charge in [0, 0.05) is 17.9 Å². The monoisotopic (exact) mass is 270 g/mol. The van der Waals surface area contributed by atoms with Gasteiger partial charge < -0.3 is 4.90 Å². The quantitative estimate of drug-likeness (QED) is 0.810. The maximum absolute atomic E-state index is 8.92. The molecule has 0 heterocycles. The number of anilines is 2. The van der Waals surface area contributed by atoms with Crippen molar-refractivity contribution in [2.45, 2.75) is 13.8 Å². The summed E-state index contributed by atoms with van der Waals surface area (Å²) in [5, 5.41) is 9.41. The van der Waals surface area contributed by atoms with Crippen LogP contribution in [0.2, 0.25) is 5.02 Å². The average Bonchev–Trinajstić information content (AvgIpc) is 2.42. The highest BCUT2D eigenvalue weighted by molar-refractivity contribution is 6.32. The molecule has 0 spiro atoms. The Morgan fingerprint density at radius 2 is 1.95 bits per heavy atom. The highest BCUT2D eigenvalue weighted by atomic mass is 35.5. The fourth-order valence-electron chi connectivity index (χ4n) is 2.12. The van der Waals surface area contributed by atoms with Gasteiger partial charge >= 0.3 is 0 Å². The van der Waals surface area contributed by atoms with Crippen LogP contribution in [0.15, 0.2) is 42.5 Å². The molecule has 0 fully saturated rings. The molecule has 0 amide bonds. The smallest absolute Gasteiger partial charge is 0.101 e. The predicted octanol–water partition coefficient (Wildman–Crippen LogP) is 4.68. The Balaban J connectivity index is 2.46. The second-order valence-corrected chi connectivity index (χ2v) is 4.71. The van der Waals surface area contributed by atoms with Gasteiger partial charge in [-0.05, 0) is 43.7 Å². The molecule has 2 nitrogen and oxygen atoms in total. The second kappa shape index (κ2) is 5.77. The SMILES string of the molecule is CCN(c1ccc(C#N)c(Cl)c1)c1ccccc1C. The van der Waals surface area contributed by atoms with E-state index in [1.54, 1.807) is 6.07 Å². The van der Waals surface area contributed by atoms with Gasteiger partial charge in [-0.25, -0.2) is 0 Å². The van der Waals surface area contributed by atoms with Gasteiger partial charge in [-0.3, -0.25) is 0 Å². The number of hydrogen-bond acceptors (Lipinski definition) is 2. The van der Waals surface area contributed by atoms with Gasteiger partial charge in [0.25, 0.3) is 0 Å². The normalized spacial score (nSPS) is 10.0. The van der Waals surface area contributed by atoms with Gasteiger partial charge in [-0.1, -0.05) is 29.8 Å². The number of halogens is 1. The molecular formula is C16H15ClN2. The summed E-state index contributed by atoms with van der Waals surface area (Å²) in [4.78, 5) is 2.18. The molecule has 0 radical (unpaired) electrons. The standard InChI is InChI=1S/C16H15ClN2/c1-3-19(16-7-5-4-6-12(16)2)14-9-8-13(11-18)15(17)10-14/h4-10H,3H2,1-2H3. The van der Waals surface area contributed by atoms with Crippen LogP contribution < -0.4 is 4.90 Å². The summed E-state index contributed by atoms with van der Waals surface area (Å²) in [5.74, 6) is 0. The highest BCUT2D eigenvalue weighted by Crippen LogP contribution is 2.30. The molecule has 19 heavy (non-hydrogen) atoms. The lowest BCUT2D eigenvalue weighted by Gasteiger charge is -2.25. The molecule has 2 aromatic rings. The summed E-state index contributed by atoms with van der Waals surface area (Å²) < 4.78 is 0. The molecule has 0 atom stereocenters. The van der Waals surface area contributed by atoms with E-state index in [1.807, 2.05) is 24.3 Å². The summed E-state index contributed by atoms with van der Waals surface area (Å²) in [5.41, 5.74) is 3.88. The molecule has 0 N–H and O–H groups in total.